The Bertz CT molecular complexity index is 534. The molecule has 0 amide bonds. The topological polar surface area (TPSA) is 80.7 Å². The molecule has 1 aromatic carbocycles. The third-order valence-corrected chi connectivity index (χ3v) is 3.99. The molecule has 0 heterocycles. The predicted molar refractivity (Wildman–Crippen MR) is 79.9 cm³/mol. The van der Waals surface area contributed by atoms with Gasteiger partial charge < -0.3 is 4.74 Å². The van der Waals surface area contributed by atoms with Crippen LogP contribution in [0.4, 0.5) is 0 Å². The second kappa shape index (κ2) is 8.79. The summed E-state index contributed by atoms with van der Waals surface area (Å²) < 4.78 is 35.7. The molecule has 0 aliphatic rings. The van der Waals surface area contributed by atoms with Crippen LogP contribution in [0.2, 0.25) is 0 Å². The molecule has 0 fully saturated rings. The van der Waals surface area contributed by atoms with Crippen molar-refractivity contribution in [1.29, 1.82) is 0 Å². The van der Waals surface area contributed by atoms with Crippen molar-refractivity contribution in [1.82, 2.24) is 0 Å². The molecule has 0 aromatic heterocycles. The highest BCUT2D eigenvalue weighted by atomic mass is 32.2. The summed E-state index contributed by atoms with van der Waals surface area (Å²) in [7, 11) is -4.23. The van der Waals surface area contributed by atoms with E-state index in [4.69, 9.17) is 9.29 Å². The fraction of sp³-hybridized carbons (Fsp3) is 0.533. The van der Waals surface area contributed by atoms with E-state index in [2.05, 4.69) is 6.92 Å². The van der Waals surface area contributed by atoms with Gasteiger partial charge in [-0.05, 0) is 30.7 Å². The number of carbonyl (C=O) groups excluding carboxylic acids is 1. The molecule has 0 unspecified atom stereocenters. The minimum atomic E-state index is -4.23. The van der Waals surface area contributed by atoms with Gasteiger partial charge in [0.1, 0.15) is 0 Å². The highest BCUT2D eigenvalue weighted by molar-refractivity contribution is 7.85. The summed E-state index contributed by atoms with van der Waals surface area (Å²) in [5.74, 6) is -0.481. The summed E-state index contributed by atoms with van der Waals surface area (Å²) in [5.41, 5.74) is 0.272. The fourth-order valence-electron chi connectivity index (χ4n) is 1.89. The van der Waals surface area contributed by atoms with Crippen LogP contribution in [0.15, 0.2) is 29.2 Å². The fourth-order valence-corrected chi connectivity index (χ4v) is 2.37. The molecule has 1 aromatic rings. The zero-order valence-electron chi connectivity index (χ0n) is 12.2. The van der Waals surface area contributed by atoms with Gasteiger partial charge in [0.15, 0.2) is 0 Å². The molecular weight excluding hydrogens is 292 g/mol. The normalized spacial score (nSPS) is 11.3. The summed E-state index contributed by atoms with van der Waals surface area (Å²) in [6.07, 6.45) is 6.66. The Morgan fingerprint density at radius 3 is 2.19 bits per heavy atom. The Morgan fingerprint density at radius 2 is 1.62 bits per heavy atom. The molecule has 0 radical (unpaired) electrons. The molecule has 5 nitrogen and oxygen atoms in total. The van der Waals surface area contributed by atoms with Crippen LogP contribution in [-0.4, -0.2) is 25.5 Å². The lowest BCUT2D eigenvalue weighted by Crippen LogP contribution is -2.07. The van der Waals surface area contributed by atoms with Crippen LogP contribution in [0.5, 0.6) is 0 Å². The number of carbonyl (C=O) groups is 1. The Hall–Kier alpha value is -1.40. The molecule has 0 bridgehead atoms. The van der Waals surface area contributed by atoms with Crippen LogP contribution in [0.1, 0.15) is 55.8 Å². The van der Waals surface area contributed by atoms with Gasteiger partial charge in [-0.1, -0.05) is 39.0 Å². The van der Waals surface area contributed by atoms with E-state index >= 15 is 0 Å². The number of esters is 1. The van der Waals surface area contributed by atoms with Gasteiger partial charge in [0.2, 0.25) is 0 Å². The van der Waals surface area contributed by atoms with Gasteiger partial charge in [-0.15, -0.1) is 0 Å². The molecule has 0 aliphatic heterocycles. The minimum Gasteiger partial charge on any atom is -0.462 e. The standard InChI is InChI=1S/C15H22O5S/c1-2-3-4-5-6-7-12-20-15(16)13-8-10-14(11-9-13)21(17,18)19/h8-11H,2-7,12H2,1H3,(H,17,18,19). The van der Waals surface area contributed by atoms with Crippen molar-refractivity contribution in [2.45, 2.75) is 50.3 Å². The lowest BCUT2D eigenvalue weighted by atomic mass is 10.1. The van der Waals surface area contributed by atoms with Crippen LogP contribution in [-0.2, 0) is 14.9 Å². The van der Waals surface area contributed by atoms with Gasteiger partial charge in [-0.25, -0.2) is 4.79 Å². The Kier molecular flexibility index (Phi) is 7.39. The molecule has 0 aliphatic carbocycles. The van der Waals surface area contributed by atoms with Crippen LogP contribution in [0.3, 0.4) is 0 Å². The first-order chi connectivity index (χ1) is 9.95. The molecule has 118 valence electrons. The average molecular weight is 314 g/mol. The van der Waals surface area contributed by atoms with Gasteiger partial charge in [0.25, 0.3) is 10.1 Å². The van der Waals surface area contributed by atoms with E-state index in [9.17, 15) is 13.2 Å². The van der Waals surface area contributed by atoms with Gasteiger partial charge in [0, 0.05) is 0 Å². The predicted octanol–water partition coefficient (Wildman–Crippen LogP) is 3.45. The number of ether oxygens (including phenoxy) is 1. The first-order valence-corrected chi connectivity index (χ1v) is 8.64. The Balaban J connectivity index is 2.32. The summed E-state index contributed by atoms with van der Waals surface area (Å²) >= 11 is 0. The monoisotopic (exact) mass is 314 g/mol. The van der Waals surface area contributed by atoms with Crippen molar-refractivity contribution < 1.29 is 22.5 Å². The van der Waals surface area contributed by atoms with Gasteiger partial charge in [0.05, 0.1) is 17.1 Å². The summed E-state index contributed by atoms with van der Waals surface area (Å²) in [5, 5.41) is 0. The first-order valence-electron chi connectivity index (χ1n) is 7.20. The average Bonchev–Trinajstić information content (AvgIpc) is 2.45. The van der Waals surface area contributed by atoms with E-state index in [0.29, 0.717) is 6.61 Å². The number of benzene rings is 1. The van der Waals surface area contributed by atoms with Crippen molar-refractivity contribution >= 4 is 16.1 Å². The second-order valence-corrected chi connectivity index (χ2v) is 6.32. The number of rotatable bonds is 9. The molecule has 1 rings (SSSR count). The highest BCUT2D eigenvalue weighted by Gasteiger charge is 2.11. The summed E-state index contributed by atoms with van der Waals surface area (Å²) in [4.78, 5) is 11.5. The minimum absolute atomic E-state index is 0.241. The second-order valence-electron chi connectivity index (χ2n) is 4.90. The van der Waals surface area contributed by atoms with Crippen molar-refractivity contribution in [2.24, 2.45) is 0 Å². The third kappa shape index (κ3) is 6.73. The van der Waals surface area contributed by atoms with Gasteiger partial charge in [-0.3, -0.25) is 4.55 Å². The van der Waals surface area contributed by atoms with E-state index in [1.54, 1.807) is 0 Å². The number of unbranched alkanes of at least 4 members (excludes halogenated alkanes) is 5. The lowest BCUT2D eigenvalue weighted by molar-refractivity contribution is 0.0497. The molecule has 21 heavy (non-hydrogen) atoms. The van der Waals surface area contributed by atoms with Crippen LogP contribution < -0.4 is 0 Å². The summed E-state index contributed by atoms with van der Waals surface area (Å²) in [6.45, 7) is 2.53. The van der Waals surface area contributed by atoms with Crippen LogP contribution in [0, 0.1) is 0 Å². The zero-order valence-corrected chi connectivity index (χ0v) is 13.1. The third-order valence-electron chi connectivity index (χ3n) is 3.12. The van der Waals surface area contributed by atoms with Crippen molar-refractivity contribution in [2.75, 3.05) is 6.61 Å². The molecular formula is C15H22O5S. The van der Waals surface area contributed by atoms with Crippen molar-refractivity contribution in [3.05, 3.63) is 29.8 Å². The zero-order chi connectivity index (χ0) is 15.7. The highest BCUT2D eigenvalue weighted by Crippen LogP contribution is 2.11. The Labute approximate surface area is 126 Å². The smallest absolute Gasteiger partial charge is 0.338 e. The Morgan fingerprint density at radius 1 is 1.05 bits per heavy atom. The number of hydrogen-bond acceptors (Lipinski definition) is 4. The molecule has 1 N–H and O–H groups in total. The SMILES string of the molecule is CCCCCCCCOC(=O)c1ccc(S(=O)(=O)O)cc1. The molecule has 0 spiro atoms. The first kappa shape index (κ1) is 17.7. The van der Waals surface area contributed by atoms with E-state index in [1.807, 2.05) is 0 Å². The quantitative estimate of drug-likeness (QED) is 0.429. The maximum atomic E-state index is 11.7. The molecule has 0 atom stereocenters. The van der Waals surface area contributed by atoms with Crippen molar-refractivity contribution in [3.63, 3.8) is 0 Å². The van der Waals surface area contributed by atoms with Crippen LogP contribution >= 0.6 is 0 Å². The summed E-state index contributed by atoms with van der Waals surface area (Å²) in [6, 6.07) is 5.01. The largest absolute Gasteiger partial charge is 0.462 e. The number of hydrogen-bond donors (Lipinski definition) is 1. The van der Waals surface area contributed by atoms with Crippen LogP contribution in [0.25, 0.3) is 0 Å². The van der Waals surface area contributed by atoms with E-state index in [0.717, 1.165) is 19.3 Å². The molecule has 0 saturated carbocycles. The van der Waals surface area contributed by atoms with Crippen molar-refractivity contribution in [3.8, 4) is 0 Å². The maximum Gasteiger partial charge on any atom is 0.338 e. The van der Waals surface area contributed by atoms with E-state index in [1.165, 1.54) is 43.5 Å². The van der Waals surface area contributed by atoms with E-state index in [-0.39, 0.29) is 10.5 Å². The lowest BCUT2D eigenvalue weighted by Gasteiger charge is -2.05. The van der Waals surface area contributed by atoms with Gasteiger partial charge in [-0.2, -0.15) is 8.42 Å². The molecule has 6 heteroatoms. The maximum absolute atomic E-state index is 11.7. The van der Waals surface area contributed by atoms with Gasteiger partial charge >= 0.3 is 5.97 Å². The van der Waals surface area contributed by atoms with E-state index < -0.39 is 16.1 Å². The molecule has 0 saturated heterocycles.